The van der Waals surface area contributed by atoms with Crippen LogP contribution in [0.3, 0.4) is 0 Å². The van der Waals surface area contributed by atoms with Gasteiger partial charge in [-0.1, -0.05) is 55.8 Å². The first-order valence-electron chi connectivity index (χ1n) is 8.23. The maximum atomic E-state index is 5.53. The summed E-state index contributed by atoms with van der Waals surface area (Å²) >= 11 is 0. The van der Waals surface area contributed by atoms with Crippen LogP contribution in [0, 0.1) is 6.92 Å². The van der Waals surface area contributed by atoms with Gasteiger partial charge in [0.25, 0.3) is 0 Å². The van der Waals surface area contributed by atoms with Crippen molar-refractivity contribution in [3.05, 3.63) is 64.7 Å². The van der Waals surface area contributed by atoms with Crippen molar-refractivity contribution in [1.29, 1.82) is 0 Å². The minimum absolute atomic E-state index is 0.707. The van der Waals surface area contributed by atoms with Gasteiger partial charge in [0.1, 0.15) is 5.75 Å². The Morgan fingerprint density at radius 1 is 0.955 bits per heavy atom. The number of ether oxygens (including phenoxy) is 1. The normalized spacial score (nSPS) is 11.0. The highest BCUT2D eigenvalue weighted by Gasteiger charge is 1.98. The molecule has 0 bridgehead atoms. The summed E-state index contributed by atoms with van der Waals surface area (Å²) in [6.07, 6.45) is 8.04. The number of unbranched alkanes of at least 4 members (excludes halogenated alkanes) is 1. The molecule has 116 valence electrons. The largest absolute Gasteiger partial charge is 0.494 e. The lowest BCUT2D eigenvalue weighted by Crippen LogP contribution is -1.92. The molecular weight excluding hydrogens is 268 g/mol. The lowest BCUT2D eigenvalue weighted by atomic mass is 10.0. The van der Waals surface area contributed by atoms with Crippen molar-refractivity contribution >= 4 is 12.2 Å². The lowest BCUT2D eigenvalue weighted by Gasteiger charge is -2.06. The van der Waals surface area contributed by atoms with Crippen LogP contribution in [0.1, 0.15) is 48.9 Å². The summed E-state index contributed by atoms with van der Waals surface area (Å²) in [5, 5.41) is 0. The van der Waals surface area contributed by atoms with E-state index >= 15 is 0 Å². The van der Waals surface area contributed by atoms with E-state index in [2.05, 4.69) is 62.4 Å². The van der Waals surface area contributed by atoms with Gasteiger partial charge in [0, 0.05) is 0 Å². The Morgan fingerprint density at radius 2 is 1.73 bits per heavy atom. The van der Waals surface area contributed by atoms with Crippen LogP contribution in [0.15, 0.2) is 42.5 Å². The van der Waals surface area contributed by atoms with E-state index in [1.54, 1.807) is 0 Å². The third kappa shape index (κ3) is 4.77. The Kier molecular flexibility index (Phi) is 6.27. The fourth-order valence-corrected chi connectivity index (χ4v) is 2.45. The number of hydrogen-bond acceptors (Lipinski definition) is 1. The second kappa shape index (κ2) is 8.43. The Morgan fingerprint density at radius 3 is 2.36 bits per heavy atom. The lowest BCUT2D eigenvalue weighted by molar-refractivity contribution is 0.340. The van der Waals surface area contributed by atoms with Gasteiger partial charge in [-0.2, -0.15) is 0 Å². The monoisotopic (exact) mass is 294 g/mol. The van der Waals surface area contributed by atoms with Crippen molar-refractivity contribution in [2.45, 2.75) is 40.0 Å². The molecule has 0 heterocycles. The maximum Gasteiger partial charge on any atom is 0.119 e. The van der Waals surface area contributed by atoms with Crippen LogP contribution in [-0.4, -0.2) is 6.61 Å². The molecular formula is C21H26O. The van der Waals surface area contributed by atoms with Gasteiger partial charge in [-0.15, -0.1) is 0 Å². The van der Waals surface area contributed by atoms with Gasteiger partial charge in [0.2, 0.25) is 0 Å². The maximum absolute atomic E-state index is 5.53. The van der Waals surface area contributed by atoms with Crippen molar-refractivity contribution in [3.63, 3.8) is 0 Å². The molecule has 0 saturated carbocycles. The highest BCUT2D eigenvalue weighted by Crippen LogP contribution is 2.19. The smallest absolute Gasteiger partial charge is 0.119 e. The van der Waals surface area contributed by atoms with Crippen LogP contribution in [-0.2, 0) is 6.42 Å². The Bertz CT molecular complexity index is 608. The molecule has 1 nitrogen and oxygen atoms in total. The van der Waals surface area contributed by atoms with Gasteiger partial charge < -0.3 is 4.74 Å². The summed E-state index contributed by atoms with van der Waals surface area (Å²) in [7, 11) is 0. The quantitative estimate of drug-likeness (QED) is 0.577. The summed E-state index contributed by atoms with van der Waals surface area (Å²) in [4.78, 5) is 0. The second-order valence-electron chi connectivity index (χ2n) is 5.63. The van der Waals surface area contributed by atoms with Gasteiger partial charge in [-0.05, 0) is 61.1 Å². The summed E-state index contributed by atoms with van der Waals surface area (Å²) in [6, 6.07) is 15.1. The standard InChI is InChI=1S/C21H26O/c1-4-6-7-18-8-10-19(11-9-18)12-13-20-14-15-21(22-5-2)16-17(20)3/h8-16H,4-7H2,1-3H3/b13-12+. The van der Waals surface area contributed by atoms with Crippen LogP contribution in [0.25, 0.3) is 12.2 Å². The minimum Gasteiger partial charge on any atom is -0.494 e. The van der Waals surface area contributed by atoms with Crippen LogP contribution < -0.4 is 4.74 Å². The van der Waals surface area contributed by atoms with Crippen molar-refractivity contribution in [3.8, 4) is 5.75 Å². The van der Waals surface area contributed by atoms with Gasteiger partial charge in [-0.3, -0.25) is 0 Å². The number of benzene rings is 2. The Labute approximate surface area is 134 Å². The Hall–Kier alpha value is -2.02. The summed E-state index contributed by atoms with van der Waals surface area (Å²) in [5.74, 6) is 0.942. The molecule has 0 radical (unpaired) electrons. The molecule has 2 rings (SSSR count). The van der Waals surface area contributed by atoms with E-state index in [0.717, 1.165) is 5.75 Å². The predicted octanol–water partition coefficient (Wildman–Crippen LogP) is 5.91. The molecule has 0 N–H and O–H groups in total. The summed E-state index contributed by atoms with van der Waals surface area (Å²) < 4.78 is 5.53. The van der Waals surface area contributed by atoms with Gasteiger partial charge >= 0.3 is 0 Å². The van der Waals surface area contributed by atoms with Crippen LogP contribution >= 0.6 is 0 Å². The van der Waals surface area contributed by atoms with Gasteiger partial charge in [-0.25, -0.2) is 0 Å². The van der Waals surface area contributed by atoms with Gasteiger partial charge in [0.05, 0.1) is 6.61 Å². The first kappa shape index (κ1) is 16.4. The molecule has 2 aromatic rings. The third-order valence-corrected chi connectivity index (χ3v) is 3.81. The van der Waals surface area contributed by atoms with Gasteiger partial charge in [0.15, 0.2) is 0 Å². The summed E-state index contributed by atoms with van der Waals surface area (Å²) in [5.41, 5.74) is 5.14. The average molecular weight is 294 g/mol. The van der Waals surface area contributed by atoms with E-state index in [1.165, 1.54) is 41.5 Å². The summed E-state index contributed by atoms with van der Waals surface area (Å²) in [6.45, 7) is 7.07. The highest BCUT2D eigenvalue weighted by atomic mass is 16.5. The number of aryl methyl sites for hydroxylation is 2. The number of hydrogen-bond donors (Lipinski definition) is 0. The molecule has 22 heavy (non-hydrogen) atoms. The van der Waals surface area contributed by atoms with E-state index in [0.29, 0.717) is 6.61 Å². The van der Waals surface area contributed by atoms with E-state index in [1.807, 2.05) is 13.0 Å². The molecule has 0 fully saturated rings. The van der Waals surface area contributed by atoms with Crippen molar-refractivity contribution in [1.82, 2.24) is 0 Å². The molecule has 0 aliphatic heterocycles. The average Bonchev–Trinajstić information content (AvgIpc) is 2.53. The van der Waals surface area contributed by atoms with E-state index < -0.39 is 0 Å². The first-order valence-corrected chi connectivity index (χ1v) is 8.23. The molecule has 0 aliphatic carbocycles. The van der Waals surface area contributed by atoms with Crippen molar-refractivity contribution in [2.24, 2.45) is 0 Å². The van der Waals surface area contributed by atoms with E-state index in [9.17, 15) is 0 Å². The minimum atomic E-state index is 0.707. The molecule has 0 unspecified atom stereocenters. The fourth-order valence-electron chi connectivity index (χ4n) is 2.45. The van der Waals surface area contributed by atoms with Crippen LogP contribution in [0.4, 0.5) is 0 Å². The molecule has 0 amide bonds. The fraction of sp³-hybridized carbons (Fsp3) is 0.333. The highest BCUT2D eigenvalue weighted by molar-refractivity contribution is 5.71. The second-order valence-corrected chi connectivity index (χ2v) is 5.63. The SMILES string of the molecule is CCCCc1ccc(/C=C/c2ccc(OCC)cc2C)cc1. The molecule has 0 aromatic heterocycles. The molecule has 0 aliphatic rings. The van der Waals surface area contributed by atoms with Crippen molar-refractivity contribution in [2.75, 3.05) is 6.61 Å². The van der Waals surface area contributed by atoms with E-state index in [-0.39, 0.29) is 0 Å². The zero-order valence-electron chi connectivity index (χ0n) is 13.9. The predicted molar refractivity (Wildman–Crippen MR) is 96.3 cm³/mol. The van der Waals surface area contributed by atoms with Crippen LogP contribution in [0.2, 0.25) is 0 Å². The van der Waals surface area contributed by atoms with Crippen molar-refractivity contribution < 1.29 is 4.74 Å². The molecule has 1 heteroatoms. The molecule has 0 spiro atoms. The molecule has 0 saturated heterocycles. The molecule has 2 aromatic carbocycles. The topological polar surface area (TPSA) is 9.23 Å². The third-order valence-electron chi connectivity index (χ3n) is 3.81. The van der Waals surface area contributed by atoms with E-state index in [4.69, 9.17) is 4.74 Å². The zero-order valence-corrected chi connectivity index (χ0v) is 13.9. The first-order chi connectivity index (χ1) is 10.7. The number of rotatable bonds is 7. The van der Waals surface area contributed by atoms with Crippen LogP contribution in [0.5, 0.6) is 5.75 Å². The zero-order chi connectivity index (χ0) is 15.8. The molecule has 0 atom stereocenters. The Balaban J connectivity index is 2.05.